The van der Waals surface area contributed by atoms with Crippen LogP contribution in [0.4, 0.5) is 0 Å². The third-order valence-corrected chi connectivity index (χ3v) is 11.2. The second-order valence-corrected chi connectivity index (χ2v) is 11.8. The summed E-state index contributed by atoms with van der Waals surface area (Å²) in [5.41, 5.74) is 0.947. The zero-order valence-corrected chi connectivity index (χ0v) is 20.6. The Morgan fingerprint density at radius 1 is 0.912 bits per heavy atom. The van der Waals surface area contributed by atoms with Gasteiger partial charge in [-0.15, -0.1) is 6.58 Å². The van der Waals surface area contributed by atoms with Crippen molar-refractivity contribution in [2.75, 3.05) is 0 Å². The molecule has 5 rings (SSSR count). The van der Waals surface area contributed by atoms with Crippen LogP contribution in [0.5, 0.6) is 0 Å². The summed E-state index contributed by atoms with van der Waals surface area (Å²) in [5, 5.41) is -1.65. The van der Waals surface area contributed by atoms with Gasteiger partial charge in [-0.25, -0.2) is 12.7 Å². The van der Waals surface area contributed by atoms with Gasteiger partial charge in [0.25, 0.3) is 5.91 Å². The van der Waals surface area contributed by atoms with Crippen LogP contribution in [0.3, 0.4) is 0 Å². The van der Waals surface area contributed by atoms with Gasteiger partial charge in [0.05, 0.1) is 22.7 Å². The highest BCUT2D eigenvalue weighted by Gasteiger charge is 2.67. The summed E-state index contributed by atoms with van der Waals surface area (Å²) in [6.45, 7) is 7.60. The van der Waals surface area contributed by atoms with Gasteiger partial charge in [-0.3, -0.25) is 13.9 Å². The van der Waals surface area contributed by atoms with Crippen LogP contribution in [-0.2, 0) is 31.6 Å². The van der Waals surface area contributed by atoms with Crippen molar-refractivity contribution in [2.24, 2.45) is 5.41 Å². The minimum absolute atomic E-state index is 0.214. The lowest BCUT2D eigenvalue weighted by atomic mass is 9.73. The van der Waals surface area contributed by atoms with E-state index in [4.69, 9.17) is 0 Å². The molecule has 7 atom stereocenters. The smallest absolute Gasteiger partial charge is 0.263 e. The van der Waals surface area contributed by atoms with Crippen molar-refractivity contribution in [3.63, 3.8) is 0 Å². The van der Waals surface area contributed by atoms with Crippen molar-refractivity contribution >= 4 is 33.8 Å². The summed E-state index contributed by atoms with van der Waals surface area (Å²) >= 11 is 0. The van der Waals surface area contributed by atoms with Gasteiger partial charge in [0.2, 0.25) is 5.91 Å². The topological polar surface area (TPSA) is 74.8 Å². The molecule has 2 aromatic rings. The highest BCUT2D eigenvalue weighted by Crippen LogP contribution is 2.53. The Morgan fingerprint density at radius 3 is 1.97 bits per heavy atom. The number of hydrogen-bond acceptors (Lipinski definition) is 4. The summed E-state index contributed by atoms with van der Waals surface area (Å²) in [7, 11) is -3.58. The predicted octanol–water partition coefficient (Wildman–Crippen LogP) is 3.76. The number of fused-ring (bicyclic) bond motifs is 3. The fraction of sp³-hybridized carbons (Fsp3) is 0.308. The number of amides is 2. The molecule has 1 aliphatic carbocycles. The first-order valence-electron chi connectivity index (χ1n) is 11.3. The maximum Gasteiger partial charge on any atom is 0.263 e. The summed E-state index contributed by atoms with van der Waals surface area (Å²) < 4.78 is 30.6. The Bertz CT molecular complexity index is 1250. The molecular weight excluding hydrogens is 468 g/mol. The molecule has 0 aromatic heterocycles. The molecule has 0 radical (unpaired) electrons. The van der Waals surface area contributed by atoms with Gasteiger partial charge in [0, 0.05) is 5.57 Å². The molecule has 2 saturated heterocycles. The Kier molecular flexibility index (Phi) is 5.68. The zero-order valence-electron chi connectivity index (χ0n) is 19.0. The fourth-order valence-corrected chi connectivity index (χ4v) is 9.70. The van der Waals surface area contributed by atoms with Gasteiger partial charge < -0.3 is 0 Å². The van der Waals surface area contributed by atoms with Gasteiger partial charge in [0.15, 0.2) is 0 Å². The molecule has 0 saturated carbocycles. The summed E-state index contributed by atoms with van der Waals surface area (Å²) in [6, 6.07) is 18.0. The van der Waals surface area contributed by atoms with Crippen LogP contribution in [0.1, 0.15) is 43.5 Å². The molecule has 8 heteroatoms. The number of carbonyl (C=O) groups is 2. The molecule has 34 heavy (non-hydrogen) atoms. The van der Waals surface area contributed by atoms with Gasteiger partial charge in [-0.05, 0) is 31.4 Å². The Morgan fingerprint density at radius 2 is 1.44 bits per heavy atom. The molecule has 2 aliphatic heterocycles. The van der Waals surface area contributed by atoms with Crippen molar-refractivity contribution < 1.29 is 18.0 Å². The van der Waals surface area contributed by atoms with Crippen LogP contribution in [0.15, 0.2) is 85.0 Å². The number of hydrogen-bond donors (Lipinski definition) is 0. The lowest BCUT2D eigenvalue weighted by Gasteiger charge is -2.33. The van der Waals surface area contributed by atoms with Crippen LogP contribution < -0.4 is 0 Å². The monoisotopic (exact) mass is 494 g/mol. The fourth-order valence-electron chi connectivity index (χ4n) is 5.29. The number of benzene rings is 2. The first-order valence-corrected chi connectivity index (χ1v) is 13.6. The quantitative estimate of drug-likeness (QED) is 0.594. The molecule has 0 spiro atoms. The van der Waals surface area contributed by atoms with E-state index in [1.54, 1.807) is 12.2 Å². The maximum absolute atomic E-state index is 13.9. The van der Waals surface area contributed by atoms with Crippen LogP contribution >= 0.6 is 0 Å². The minimum atomic E-state index is -1.80. The number of allylic oxidation sites excluding steroid dienone is 1. The number of nitrogens with zero attached hydrogens (tertiary/aromatic N) is 2. The van der Waals surface area contributed by atoms with E-state index >= 15 is 0 Å². The molecule has 2 aromatic carbocycles. The molecule has 3 aliphatic rings. The van der Waals surface area contributed by atoms with E-state index in [0.717, 1.165) is 11.1 Å². The third kappa shape index (κ3) is 3.11. The van der Waals surface area contributed by atoms with E-state index in [2.05, 4.69) is 6.58 Å². The van der Waals surface area contributed by atoms with Gasteiger partial charge >= 0.3 is 0 Å². The van der Waals surface area contributed by atoms with Crippen LogP contribution in [0, 0.1) is 5.41 Å². The minimum Gasteiger partial charge on any atom is -0.273 e. The van der Waals surface area contributed by atoms with Gasteiger partial charge in [-0.1, -0.05) is 72.8 Å². The van der Waals surface area contributed by atoms with Crippen molar-refractivity contribution in [3.8, 4) is 0 Å². The second-order valence-electron chi connectivity index (χ2n) is 8.94. The Balaban J connectivity index is 1.55. The van der Waals surface area contributed by atoms with Crippen LogP contribution in [0.25, 0.3) is 0 Å². The summed E-state index contributed by atoms with van der Waals surface area (Å²) in [4.78, 5) is 27.2. The Hall–Kier alpha value is -2.84. The molecule has 2 unspecified atom stereocenters. The highest BCUT2D eigenvalue weighted by atomic mass is 32.2. The normalized spacial score (nSPS) is 32.1. The van der Waals surface area contributed by atoms with Crippen LogP contribution in [0.2, 0.25) is 0 Å². The second kappa shape index (κ2) is 8.43. The highest BCUT2D eigenvalue weighted by molar-refractivity contribution is 7.89. The van der Waals surface area contributed by atoms with E-state index in [0.29, 0.717) is 5.57 Å². The van der Waals surface area contributed by atoms with E-state index in [-0.39, 0.29) is 18.2 Å². The molecule has 6 nitrogen and oxygen atoms in total. The first-order chi connectivity index (χ1) is 16.3. The zero-order chi connectivity index (χ0) is 24.2. The standard InChI is InChI=1S/C26H26N2O4S2/c1-4-26-16-15-21-22(33(31)27(24(21)29)17(2)19-11-7-5-8-12-19)23(26)34(32)28(25(26)30)18(3)20-13-9-6-10-14-20/h4-15,17-18,22-23H,1,16H2,2-3H3/t17-,18-,22-,23+,26-,33?,34?/m0/s1. The molecule has 176 valence electrons. The predicted molar refractivity (Wildman–Crippen MR) is 133 cm³/mol. The van der Waals surface area contributed by atoms with Crippen molar-refractivity contribution in [2.45, 2.75) is 42.9 Å². The average Bonchev–Trinajstić information content (AvgIpc) is 3.26. The number of carbonyl (C=O) groups excluding carboxylic acids is 2. The summed E-state index contributed by atoms with van der Waals surface area (Å²) in [6.07, 6.45) is 3.48. The van der Waals surface area contributed by atoms with E-state index in [1.165, 1.54) is 8.61 Å². The van der Waals surface area contributed by atoms with Crippen molar-refractivity contribution in [1.82, 2.24) is 8.61 Å². The molecule has 2 amide bonds. The van der Waals surface area contributed by atoms with E-state index in [1.807, 2.05) is 74.5 Å². The molecular formula is C26H26N2O4S2. The SMILES string of the molecule is C=C[C@]12CC=C3C(=O)N([C@@H](C)c4ccccc4)S(=O)[C@@H]3[C@H]1S(=O)N([C@@H](C)c1ccccc1)C2=O. The molecule has 2 fully saturated rings. The lowest BCUT2D eigenvalue weighted by Crippen LogP contribution is -2.47. The van der Waals surface area contributed by atoms with Crippen LogP contribution in [-0.4, -0.2) is 39.3 Å². The molecule has 0 bridgehead atoms. The van der Waals surface area contributed by atoms with Gasteiger partial charge in [-0.2, -0.15) is 0 Å². The van der Waals surface area contributed by atoms with Gasteiger partial charge in [0.1, 0.15) is 27.2 Å². The van der Waals surface area contributed by atoms with E-state index in [9.17, 15) is 18.0 Å². The largest absolute Gasteiger partial charge is 0.273 e. The molecule has 2 heterocycles. The number of rotatable bonds is 5. The third-order valence-electron chi connectivity index (χ3n) is 7.25. The summed E-state index contributed by atoms with van der Waals surface area (Å²) in [5.74, 6) is -0.618. The maximum atomic E-state index is 13.9. The van der Waals surface area contributed by atoms with Crippen molar-refractivity contribution in [3.05, 3.63) is 96.1 Å². The van der Waals surface area contributed by atoms with E-state index < -0.39 is 50.0 Å². The Labute approximate surface area is 204 Å². The average molecular weight is 495 g/mol. The molecule has 0 N–H and O–H groups in total. The van der Waals surface area contributed by atoms with Crippen molar-refractivity contribution in [1.29, 1.82) is 0 Å². The lowest BCUT2D eigenvalue weighted by molar-refractivity contribution is -0.134. The first kappa shape index (κ1) is 22.9.